The van der Waals surface area contributed by atoms with Gasteiger partial charge in [0.1, 0.15) is 0 Å². The third-order valence-electron chi connectivity index (χ3n) is 1.26. The lowest BCUT2D eigenvalue weighted by atomic mass is 10.0. The molecule has 0 N–H and O–H groups in total. The van der Waals surface area contributed by atoms with Crippen molar-refractivity contribution in [2.75, 3.05) is 0 Å². The fourth-order valence-corrected chi connectivity index (χ4v) is 0.873. The highest BCUT2D eigenvalue weighted by Crippen LogP contribution is 2.09. The molecular weight excluding hydrogens is 132 g/mol. The van der Waals surface area contributed by atoms with E-state index in [1.54, 1.807) is 5.54 Å². The van der Waals surface area contributed by atoms with Gasteiger partial charge in [0, 0.05) is 5.54 Å². The van der Waals surface area contributed by atoms with Crippen molar-refractivity contribution in [3.63, 3.8) is 0 Å². The summed E-state index contributed by atoms with van der Waals surface area (Å²) in [4.78, 5) is 0. The van der Waals surface area contributed by atoms with Gasteiger partial charge >= 0.3 is 0 Å². The quantitative estimate of drug-likeness (QED) is 0.569. The second-order valence-electron chi connectivity index (χ2n) is 2.25. The van der Waals surface area contributed by atoms with Gasteiger partial charge in [-0.15, -0.1) is 0 Å². The van der Waals surface area contributed by atoms with Crippen molar-refractivity contribution < 1.29 is 0 Å². The molecule has 9 heavy (non-hydrogen) atoms. The molecule has 0 amide bonds. The molecule has 0 aromatic rings. The largest absolute Gasteiger partial charge is 0.0933 e. The summed E-state index contributed by atoms with van der Waals surface area (Å²) in [5, 5.41) is 0. The van der Waals surface area contributed by atoms with Crippen LogP contribution in [0.4, 0.5) is 0 Å². The Morgan fingerprint density at radius 2 is 2.33 bits per heavy atom. The highest BCUT2D eigenvalue weighted by Gasteiger charge is 1.95. The van der Waals surface area contributed by atoms with Gasteiger partial charge in [0.25, 0.3) is 0 Å². The minimum absolute atomic E-state index is 0.546. The maximum absolute atomic E-state index is 5.34. The van der Waals surface area contributed by atoms with Gasteiger partial charge in [-0.2, -0.15) is 0 Å². The zero-order valence-electron chi connectivity index (χ0n) is 5.94. The lowest BCUT2D eigenvalue weighted by Gasteiger charge is -2.03. The van der Waals surface area contributed by atoms with Crippen LogP contribution in [0.25, 0.3) is 0 Å². The van der Waals surface area contributed by atoms with Gasteiger partial charge in [-0.3, -0.25) is 0 Å². The highest BCUT2D eigenvalue weighted by molar-refractivity contribution is 6.25. The summed E-state index contributed by atoms with van der Waals surface area (Å²) in [5.74, 6) is 0.546. The normalized spacial score (nSPS) is 14.6. The van der Waals surface area contributed by atoms with Gasteiger partial charge in [0.2, 0.25) is 0 Å². The molecule has 1 radical (unpaired) electrons. The van der Waals surface area contributed by atoms with E-state index in [0.29, 0.717) is 5.92 Å². The van der Waals surface area contributed by atoms with Gasteiger partial charge < -0.3 is 0 Å². The molecule has 0 fully saturated rings. The monoisotopic (exact) mass is 145 g/mol. The molecule has 0 aliphatic heterocycles. The molecule has 1 atom stereocenters. The fraction of sp³-hybridized carbons (Fsp3) is 0.625. The van der Waals surface area contributed by atoms with Crippen LogP contribution < -0.4 is 0 Å². The summed E-state index contributed by atoms with van der Waals surface area (Å²) >= 11 is 5.34. The highest BCUT2D eigenvalue weighted by atomic mass is 35.5. The number of rotatable bonds is 4. The Balaban J connectivity index is 3.15. The van der Waals surface area contributed by atoms with Crippen LogP contribution in [0.3, 0.4) is 0 Å². The maximum atomic E-state index is 5.34. The lowest BCUT2D eigenvalue weighted by molar-refractivity contribution is 0.585. The molecule has 1 unspecified atom stereocenters. The van der Waals surface area contributed by atoms with Crippen LogP contribution in [-0.4, -0.2) is 0 Å². The van der Waals surface area contributed by atoms with Crippen LogP contribution in [0.1, 0.15) is 26.2 Å². The van der Waals surface area contributed by atoms with Gasteiger partial charge in [0.05, 0.1) is 0 Å². The molecule has 0 aliphatic rings. The second-order valence-corrected chi connectivity index (χ2v) is 2.50. The van der Waals surface area contributed by atoms with Crippen LogP contribution in [-0.2, 0) is 0 Å². The van der Waals surface area contributed by atoms with Crippen LogP contribution in [0, 0.1) is 12.8 Å². The van der Waals surface area contributed by atoms with E-state index in [-0.39, 0.29) is 0 Å². The summed E-state index contributed by atoms with van der Waals surface area (Å²) in [6.45, 7) is 6.12. The molecule has 0 bridgehead atoms. The van der Waals surface area contributed by atoms with Crippen molar-refractivity contribution in [2.45, 2.75) is 26.2 Å². The SMILES string of the molecule is [CH2]C(CC=CCl)CCC. The Labute approximate surface area is 62.9 Å². The average molecular weight is 146 g/mol. The van der Waals surface area contributed by atoms with Gasteiger partial charge in [0.15, 0.2) is 0 Å². The predicted molar refractivity (Wildman–Crippen MR) is 43.4 cm³/mol. The average Bonchev–Trinajstić information content (AvgIpc) is 1.85. The first kappa shape index (κ1) is 9.03. The number of halogens is 1. The molecule has 0 aromatic carbocycles. The number of hydrogen-bond acceptors (Lipinski definition) is 0. The Morgan fingerprint density at radius 3 is 2.78 bits per heavy atom. The van der Waals surface area contributed by atoms with Crippen molar-refractivity contribution >= 4 is 11.6 Å². The number of hydrogen-bond donors (Lipinski definition) is 0. The molecular formula is C8H14Cl. The molecule has 0 saturated carbocycles. The molecule has 0 nitrogen and oxygen atoms in total. The van der Waals surface area contributed by atoms with E-state index in [4.69, 9.17) is 11.6 Å². The van der Waals surface area contributed by atoms with Gasteiger partial charge in [-0.25, -0.2) is 0 Å². The van der Waals surface area contributed by atoms with Crippen LogP contribution in [0.2, 0.25) is 0 Å². The molecule has 0 heterocycles. The van der Waals surface area contributed by atoms with Crippen LogP contribution in [0.5, 0.6) is 0 Å². The first-order chi connectivity index (χ1) is 4.31. The zero-order chi connectivity index (χ0) is 7.11. The van der Waals surface area contributed by atoms with Crippen LogP contribution in [0.15, 0.2) is 11.6 Å². The van der Waals surface area contributed by atoms with E-state index < -0.39 is 0 Å². The van der Waals surface area contributed by atoms with Crippen molar-refractivity contribution in [1.29, 1.82) is 0 Å². The van der Waals surface area contributed by atoms with E-state index >= 15 is 0 Å². The summed E-state index contributed by atoms with van der Waals surface area (Å²) in [6, 6.07) is 0. The van der Waals surface area contributed by atoms with E-state index in [9.17, 15) is 0 Å². The summed E-state index contributed by atoms with van der Waals surface area (Å²) in [5.41, 5.74) is 1.56. The molecule has 53 valence electrons. The smallest absolute Gasteiger partial charge is 0.000256 e. The maximum Gasteiger partial charge on any atom is 0.000256 e. The lowest BCUT2D eigenvalue weighted by Crippen LogP contribution is -1.90. The second kappa shape index (κ2) is 6.15. The van der Waals surface area contributed by atoms with Crippen molar-refractivity contribution in [2.24, 2.45) is 5.92 Å². The Bertz CT molecular complexity index is 76.6. The van der Waals surface area contributed by atoms with Crippen molar-refractivity contribution in [1.82, 2.24) is 0 Å². The zero-order valence-corrected chi connectivity index (χ0v) is 6.69. The first-order valence-corrected chi connectivity index (χ1v) is 3.83. The first-order valence-electron chi connectivity index (χ1n) is 3.39. The van der Waals surface area contributed by atoms with Crippen molar-refractivity contribution in [3.05, 3.63) is 18.5 Å². The molecule has 0 aromatic heterocycles. The standard InChI is InChI=1S/C8H14Cl/c1-3-5-8(2)6-4-7-9/h4,7-8H,2-3,5-6H2,1H3. The third-order valence-corrected chi connectivity index (χ3v) is 1.43. The van der Waals surface area contributed by atoms with E-state index in [1.165, 1.54) is 12.8 Å². The Hall–Kier alpha value is 0.0300. The third kappa shape index (κ3) is 5.91. The van der Waals surface area contributed by atoms with Crippen molar-refractivity contribution in [3.8, 4) is 0 Å². The predicted octanol–water partition coefficient (Wildman–Crippen LogP) is 3.38. The molecule has 1 heteroatoms. The van der Waals surface area contributed by atoms with Gasteiger partial charge in [-0.05, 0) is 19.3 Å². The Kier molecular flexibility index (Phi) is 6.18. The van der Waals surface area contributed by atoms with E-state index in [2.05, 4.69) is 13.8 Å². The number of allylic oxidation sites excluding steroid dienone is 1. The molecule has 0 saturated heterocycles. The summed E-state index contributed by atoms with van der Waals surface area (Å²) < 4.78 is 0. The van der Waals surface area contributed by atoms with Gasteiger partial charge in [-0.1, -0.05) is 37.4 Å². The summed E-state index contributed by atoms with van der Waals surface area (Å²) in [6.07, 6.45) is 5.37. The summed E-state index contributed by atoms with van der Waals surface area (Å²) in [7, 11) is 0. The minimum atomic E-state index is 0.546. The fourth-order valence-electron chi connectivity index (χ4n) is 0.770. The Morgan fingerprint density at radius 1 is 1.67 bits per heavy atom. The minimum Gasteiger partial charge on any atom is -0.0933 e. The topological polar surface area (TPSA) is 0 Å². The van der Waals surface area contributed by atoms with E-state index in [0.717, 1.165) is 6.42 Å². The molecule has 0 rings (SSSR count). The van der Waals surface area contributed by atoms with E-state index in [1.807, 2.05) is 6.08 Å². The van der Waals surface area contributed by atoms with Crippen LogP contribution >= 0.6 is 11.6 Å². The molecule has 0 aliphatic carbocycles. The molecule has 0 spiro atoms.